The molecule has 1 rings (SSSR count). The van der Waals surface area contributed by atoms with E-state index in [2.05, 4.69) is 4.90 Å². The van der Waals surface area contributed by atoms with Crippen LogP contribution in [0.2, 0.25) is 0 Å². The van der Waals surface area contributed by atoms with E-state index in [0.29, 0.717) is 65.5 Å². The molecule has 1 aliphatic rings. The van der Waals surface area contributed by atoms with Crippen LogP contribution in [0.3, 0.4) is 0 Å². The third-order valence-electron chi connectivity index (χ3n) is 4.95. The molecule has 1 fully saturated rings. The van der Waals surface area contributed by atoms with E-state index in [9.17, 15) is 29.7 Å². The van der Waals surface area contributed by atoms with Gasteiger partial charge in [-0.25, -0.2) is 0 Å². The van der Waals surface area contributed by atoms with Crippen molar-refractivity contribution in [3.05, 3.63) is 0 Å². The zero-order valence-electron chi connectivity index (χ0n) is 19.0. The number of carboxylic acids is 3. The first-order valence-corrected chi connectivity index (χ1v) is 10.6. The van der Waals surface area contributed by atoms with Gasteiger partial charge in [-0.3, -0.25) is 34.0 Å². The third-order valence-corrected chi connectivity index (χ3v) is 4.95. The molecule has 0 bridgehead atoms. The Kier molecular flexibility index (Phi) is 11.9. The van der Waals surface area contributed by atoms with Crippen LogP contribution in [0.15, 0.2) is 0 Å². The molecule has 0 saturated carbocycles. The molecule has 0 amide bonds. The summed E-state index contributed by atoms with van der Waals surface area (Å²) < 4.78 is 5.82. The van der Waals surface area contributed by atoms with Crippen LogP contribution in [-0.4, -0.2) is 144 Å². The van der Waals surface area contributed by atoms with Crippen LogP contribution in [-0.2, 0) is 19.1 Å². The maximum Gasteiger partial charge on any atom is 0.317 e. The second-order valence-electron chi connectivity index (χ2n) is 8.81. The Morgan fingerprint density at radius 1 is 0.645 bits per heavy atom. The first kappa shape index (κ1) is 27.2. The zero-order chi connectivity index (χ0) is 23.4. The highest BCUT2D eigenvalue weighted by Gasteiger charge is 2.20. The highest BCUT2D eigenvalue weighted by molar-refractivity contribution is 5.69. The van der Waals surface area contributed by atoms with Crippen LogP contribution in [0.5, 0.6) is 0 Å². The number of carboxylic acid groups (broad SMARTS) is 3. The van der Waals surface area contributed by atoms with Gasteiger partial charge in [-0.2, -0.15) is 0 Å². The lowest BCUT2D eigenvalue weighted by atomic mass is 10.2. The summed E-state index contributed by atoms with van der Waals surface area (Å²) in [4.78, 5) is 41.2. The van der Waals surface area contributed by atoms with E-state index < -0.39 is 17.9 Å². The molecule has 11 heteroatoms. The van der Waals surface area contributed by atoms with Crippen molar-refractivity contribution in [2.45, 2.75) is 26.4 Å². The minimum atomic E-state index is -0.966. The maximum atomic E-state index is 11.3. The molecule has 180 valence electrons. The van der Waals surface area contributed by atoms with Crippen molar-refractivity contribution in [3.63, 3.8) is 0 Å². The number of nitrogens with zero attached hydrogens (tertiary/aromatic N) is 4. The number of rotatable bonds is 9. The second kappa shape index (κ2) is 13.6. The summed E-state index contributed by atoms with van der Waals surface area (Å²) in [5.41, 5.74) is -0.259. The number of ether oxygens (including phenoxy) is 1. The van der Waals surface area contributed by atoms with Gasteiger partial charge in [-0.1, -0.05) is 0 Å². The van der Waals surface area contributed by atoms with Crippen LogP contribution in [0.4, 0.5) is 0 Å². The Morgan fingerprint density at radius 2 is 0.935 bits per heavy atom. The van der Waals surface area contributed by atoms with Crippen molar-refractivity contribution < 1.29 is 34.4 Å². The quantitative estimate of drug-likeness (QED) is 0.414. The van der Waals surface area contributed by atoms with E-state index in [1.165, 1.54) is 0 Å². The lowest BCUT2D eigenvalue weighted by molar-refractivity contribution is -0.140. The van der Waals surface area contributed by atoms with Gasteiger partial charge in [0.1, 0.15) is 0 Å². The Bertz CT molecular complexity index is 550. The molecule has 3 N–H and O–H groups in total. The van der Waals surface area contributed by atoms with Gasteiger partial charge < -0.3 is 20.1 Å². The molecule has 11 nitrogen and oxygen atoms in total. The average molecular weight is 447 g/mol. The Hall–Kier alpha value is -1.79. The largest absolute Gasteiger partial charge is 0.480 e. The molecule has 0 spiro atoms. The summed E-state index contributed by atoms with van der Waals surface area (Å²) in [5.74, 6) is -2.81. The Balaban J connectivity index is 2.87. The van der Waals surface area contributed by atoms with Crippen LogP contribution in [0.1, 0.15) is 20.8 Å². The van der Waals surface area contributed by atoms with Crippen molar-refractivity contribution in [1.29, 1.82) is 0 Å². The molecular weight excluding hydrogens is 408 g/mol. The fourth-order valence-electron chi connectivity index (χ4n) is 3.33. The summed E-state index contributed by atoms with van der Waals surface area (Å²) in [6.45, 7) is 10.6. The van der Waals surface area contributed by atoms with Crippen molar-refractivity contribution >= 4 is 17.9 Å². The highest BCUT2D eigenvalue weighted by Crippen LogP contribution is 2.07. The monoisotopic (exact) mass is 446 g/mol. The summed E-state index contributed by atoms with van der Waals surface area (Å²) in [7, 11) is 0. The normalized spacial score (nSPS) is 19.5. The van der Waals surface area contributed by atoms with E-state index in [4.69, 9.17) is 4.74 Å². The minimum absolute atomic E-state index is 0.113. The van der Waals surface area contributed by atoms with Crippen molar-refractivity contribution in [2.24, 2.45) is 0 Å². The van der Waals surface area contributed by atoms with E-state index >= 15 is 0 Å². The number of carbonyl (C=O) groups is 3. The topological polar surface area (TPSA) is 134 Å². The van der Waals surface area contributed by atoms with Crippen LogP contribution >= 0.6 is 0 Å². The molecule has 31 heavy (non-hydrogen) atoms. The molecule has 1 saturated heterocycles. The molecule has 0 unspecified atom stereocenters. The number of hydrogen-bond acceptors (Lipinski definition) is 8. The van der Waals surface area contributed by atoms with Crippen LogP contribution < -0.4 is 0 Å². The molecule has 1 heterocycles. The first-order valence-electron chi connectivity index (χ1n) is 10.6. The van der Waals surface area contributed by atoms with E-state index in [1.54, 1.807) is 4.90 Å². The second-order valence-corrected chi connectivity index (χ2v) is 8.81. The van der Waals surface area contributed by atoms with Crippen molar-refractivity contribution in [2.75, 3.05) is 85.1 Å². The molecule has 0 radical (unpaired) electrons. The molecule has 0 aliphatic carbocycles. The minimum Gasteiger partial charge on any atom is -0.480 e. The van der Waals surface area contributed by atoms with Crippen LogP contribution in [0.25, 0.3) is 0 Å². The number of aliphatic carboxylic acids is 3. The van der Waals surface area contributed by atoms with Gasteiger partial charge in [-0.15, -0.1) is 0 Å². The predicted octanol–water partition coefficient (Wildman–Crippen LogP) is -0.723. The van der Waals surface area contributed by atoms with Gasteiger partial charge in [0.05, 0.1) is 31.8 Å². The fourth-order valence-corrected chi connectivity index (χ4v) is 3.33. The number of hydrogen-bond donors (Lipinski definition) is 3. The van der Waals surface area contributed by atoms with Gasteiger partial charge >= 0.3 is 17.9 Å². The van der Waals surface area contributed by atoms with E-state index in [1.807, 2.05) is 30.6 Å². The van der Waals surface area contributed by atoms with Gasteiger partial charge in [0, 0.05) is 58.9 Å². The Morgan fingerprint density at radius 3 is 1.19 bits per heavy atom. The SMILES string of the molecule is CC(C)(C)OCCN1CCN(CC(=O)O)CCN(CC(=O)O)CCN(CC(=O)O)CC1. The highest BCUT2D eigenvalue weighted by atomic mass is 16.5. The zero-order valence-corrected chi connectivity index (χ0v) is 19.0. The van der Waals surface area contributed by atoms with Crippen molar-refractivity contribution in [3.8, 4) is 0 Å². The van der Waals surface area contributed by atoms with Gasteiger partial charge in [0.25, 0.3) is 0 Å². The molecular formula is C20H38N4O7. The summed E-state index contributed by atoms with van der Waals surface area (Å²) >= 11 is 0. The van der Waals surface area contributed by atoms with Gasteiger partial charge in [-0.05, 0) is 20.8 Å². The third kappa shape index (κ3) is 14.0. The first-order chi connectivity index (χ1) is 14.4. The molecule has 0 aromatic carbocycles. The summed E-state index contributed by atoms with van der Waals surface area (Å²) in [5, 5.41) is 27.6. The standard InChI is InChI=1S/C20H38N4O7/c1-20(2,3)31-13-12-21-4-6-22(14-17(25)26)8-10-24(16-19(29)30)11-9-23(7-5-21)15-18(27)28/h4-16H2,1-3H3,(H,25,26)(H,27,28)(H,29,30). The maximum absolute atomic E-state index is 11.3. The average Bonchev–Trinajstić information content (AvgIpc) is 2.61. The lowest BCUT2D eigenvalue weighted by Gasteiger charge is -2.33. The summed E-state index contributed by atoms with van der Waals surface area (Å²) in [6, 6.07) is 0. The predicted molar refractivity (Wildman–Crippen MR) is 114 cm³/mol. The molecule has 0 aromatic heterocycles. The molecule has 0 aromatic rings. The fraction of sp³-hybridized carbons (Fsp3) is 0.850. The van der Waals surface area contributed by atoms with Crippen LogP contribution in [0, 0.1) is 0 Å². The Labute approximate surface area is 184 Å². The van der Waals surface area contributed by atoms with E-state index in [-0.39, 0.29) is 25.2 Å². The van der Waals surface area contributed by atoms with Crippen molar-refractivity contribution in [1.82, 2.24) is 19.6 Å². The van der Waals surface area contributed by atoms with Gasteiger partial charge in [0.2, 0.25) is 0 Å². The van der Waals surface area contributed by atoms with E-state index in [0.717, 1.165) is 0 Å². The summed E-state index contributed by atoms with van der Waals surface area (Å²) in [6.07, 6.45) is 0. The smallest absolute Gasteiger partial charge is 0.317 e. The van der Waals surface area contributed by atoms with Gasteiger partial charge in [0.15, 0.2) is 0 Å². The molecule has 0 atom stereocenters. The molecule has 1 aliphatic heterocycles. The lowest BCUT2D eigenvalue weighted by Crippen LogP contribution is -2.49.